The van der Waals surface area contributed by atoms with E-state index in [1.807, 2.05) is 55.3 Å². The summed E-state index contributed by atoms with van der Waals surface area (Å²) >= 11 is 0. The summed E-state index contributed by atoms with van der Waals surface area (Å²) < 4.78 is 5.57. The number of anilines is 2. The maximum atomic E-state index is 13.5. The zero-order valence-electron chi connectivity index (χ0n) is 20.3. The summed E-state index contributed by atoms with van der Waals surface area (Å²) in [6.45, 7) is 8.63. The van der Waals surface area contributed by atoms with Gasteiger partial charge in [0, 0.05) is 69.4 Å². The molecule has 3 aromatic rings. The highest BCUT2D eigenvalue weighted by molar-refractivity contribution is 5.96. The summed E-state index contributed by atoms with van der Waals surface area (Å²) in [4.78, 5) is 29.4. The SMILES string of the molecule is Cc1nc(-c2ccc(N3CCC[C@@H](Cc4ncccc4N4CCN(C)CC4)C3=O)cc2)c(C)o1. The molecule has 0 aliphatic carbocycles. The second kappa shape index (κ2) is 9.58. The molecule has 0 spiro atoms. The largest absolute Gasteiger partial charge is 0.446 e. The summed E-state index contributed by atoms with van der Waals surface area (Å²) in [6.07, 6.45) is 4.44. The molecule has 34 heavy (non-hydrogen) atoms. The average molecular weight is 460 g/mol. The van der Waals surface area contributed by atoms with Crippen molar-refractivity contribution < 1.29 is 9.21 Å². The third kappa shape index (κ3) is 4.57. The summed E-state index contributed by atoms with van der Waals surface area (Å²) in [5.41, 5.74) is 5.03. The lowest BCUT2D eigenvalue weighted by Crippen LogP contribution is -2.45. The molecule has 2 aliphatic rings. The van der Waals surface area contributed by atoms with Crippen molar-refractivity contribution in [3.05, 3.63) is 59.9 Å². The second-order valence-corrected chi connectivity index (χ2v) is 9.48. The van der Waals surface area contributed by atoms with E-state index >= 15 is 0 Å². The van der Waals surface area contributed by atoms with Gasteiger partial charge in [-0.1, -0.05) is 12.1 Å². The molecular formula is C27H33N5O2. The second-order valence-electron chi connectivity index (χ2n) is 9.48. The number of carbonyl (C=O) groups is 1. The minimum atomic E-state index is -0.0463. The molecule has 0 N–H and O–H groups in total. The molecule has 2 fully saturated rings. The van der Waals surface area contributed by atoms with Gasteiger partial charge in [-0.3, -0.25) is 9.78 Å². The molecule has 0 saturated carbocycles. The van der Waals surface area contributed by atoms with Crippen molar-refractivity contribution in [3.8, 4) is 11.3 Å². The lowest BCUT2D eigenvalue weighted by molar-refractivity contribution is -0.123. The number of carbonyl (C=O) groups excluding carboxylic acids is 1. The van der Waals surface area contributed by atoms with Gasteiger partial charge in [0.15, 0.2) is 5.89 Å². The lowest BCUT2D eigenvalue weighted by Gasteiger charge is -2.36. The van der Waals surface area contributed by atoms with Crippen molar-refractivity contribution in [3.63, 3.8) is 0 Å². The number of nitrogens with zero attached hydrogens (tertiary/aromatic N) is 5. The highest BCUT2D eigenvalue weighted by Gasteiger charge is 2.31. The van der Waals surface area contributed by atoms with Gasteiger partial charge in [0.2, 0.25) is 5.91 Å². The Balaban J connectivity index is 1.32. The third-order valence-electron chi connectivity index (χ3n) is 7.06. The number of hydrogen-bond acceptors (Lipinski definition) is 6. The fourth-order valence-corrected chi connectivity index (χ4v) is 5.15. The van der Waals surface area contributed by atoms with Gasteiger partial charge in [0.05, 0.1) is 11.4 Å². The summed E-state index contributed by atoms with van der Waals surface area (Å²) in [5, 5.41) is 0. The number of aromatic nitrogens is 2. The predicted octanol–water partition coefficient (Wildman–Crippen LogP) is 4.09. The van der Waals surface area contributed by atoms with E-state index in [2.05, 4.69) is 27.9 Å². The van der Waals surface area contributed by atoms with Crippen LogP contribution in [0.5, 0.6) is 0 Å². The molecule has 1 atom stereocenters. The zero-order chi connectivity index (χ0) is 23.7. The molecule has 178 valence electrons. The first-order valence-corrected chi connectivity index (χ1v) is 12.2. The predicted molar refractivity (Wildman–Crippen MR) is 134 cm³/mol. The normalized spacial score (nSPS) is 19.6. The van der Waals surface area contributed by atoms with Crippen LogP contribution in [0.25, 0.3) is 11.3 Å². The van der Waals surface area contributed by atoms with Gasteiger partial charge >= 0.3 is 0 Å². The first-order chi connectivity index (χ1) is 16.5. The van der Waals surface area contributed by atoms with Crippen LogP contribution in [0.3, 0.4) is 0 Å². The van der Waals surface area contributed by atoms with Crippen LogP contribution in [0.15, 0.2) is 47.0 Å². The van der Waals surface area contributed by atoms with Gasteiger partial charge < -0.3 is 19.1 Å². The number of piperazine rings is 1. The monoisotopic (exact) mass is 459 g/mol. The zero-order valence-corrected chi connectivity index (χ0v) is 20.3. The molecule has 1 aromatic carbocycles. The van der Waals surface area contributed by atoms with E-state index in [1.54, 1.807) is 0 Å². The molecule has 7 nitrogen and oxygen atoms in total. The van der Waals surface area contributed by atoms with E-state index in [4.69, 9.17) is 9.40 Å². The molecule has 0 bridgehead atoms. The van der Waals surface area contributed by atoms with Crippen molar-refractivity contribution in [2.24, 2.45) is 5.92 Å². The Morgan fingerprint density at radius 3 is 2.50 bits per heavy atom. The molecule has 0 radical (unpaired) electrons. The number of amides is 1. The Hall–Kier alpha value is -3.19. The maximum Gasteiger partial charge on any atom is 0.230 e. The topological polar surface area (TPSA) is 65.7 Å². The highest BCUT2D eigenvalue weighted by Crippen LogP contribution is 2.31. The Morgan fingerprint density at radius 2 is 1.79 bits per heavy atom. The van der Waals surface area contributed by atoms with Crippen LogP contribution in [-0.4, -0.2) is 60.5 Å². The van der Waals surface area contributed by atoms with Crippen LogP contribution in [0.2, 0.25) is 0 Å². The molecule has 0 unspecified atom stereocenters. The van der Waals surface area contributed by atoms with Crippen molar-refractivity contribution >= 4 is 17.3 Å². The summed E-state index contributed by atoms with van der Waals surface area (Å²) in [5.74, 6) is 1.62. The Kier molecular flexibility index (Phi) is 6.37. The average Bonchev–Trinajstić information content (AvgIpc) is 3.19. The minimum absolute atomic E-state index is 0.0463. The van der Waals surface area contributed by atoms with Gasteiger partial charge in [0.1, 0.15) is 11.5 Å². The van der Waals surface area contributed by atoms with E-state index < -0.39 is 0 Å². The number of oxazole rings is 1. The molecule has 4 heterocycles. The number of benzene rings is 1. The number of likely N-dealkylation sites (N-methyl/N-ethyl adjacent to an activating group) is 1. The van der Waals surface area contributed by atoms with Gasteiger partial charge in [-0.2, -0.15) is 0 Å². The standard InChI is InChI=1S/C27H33N5O2/c1-19-26(29-20(2)34-19)21-8-10-23(11-9-21)32-13-5-6-22(27(32)33)18-24-25(7-4-12-28-24)31-16-14-30(3)15-17-31/h4,7-12,22H,5-6,13-18H2,1-3H3/t22-/m0/s1. The van der Waals surface area contributed by atoms with Crippen LogP contribution in [-0.2, 0) is 11.2 Å². The van der Waals surface area contributed by atoms with Gasteiger partial charge in [0.25, 0.3) is 0 Å². The molecular weight excluding hydrogens is 426 g/mol. The van der Waals surface area contributed by atoms with Gasteiger partial charge in [-0.15, -0.1) is 0 Å². The third-order valence-corrected chi connectivity index (χ3v) is 7.06. The molecule has 2 aliphatic heterocycles. The van der Waals surface area contributed by atoms with Crippen LogP contribution >= 0.6 is 0 Å². The Morgan fingerprint density at radius 1 is 1.03 bits per heavy atom. The van der Waals surface area contributed by atoms with E-state index in [0.717, 1.165) is 74.0 Å². The summed E-state index contributed by atoms with van der Waals surface area (Å²) in [6, 6.07) is 12.3. The van der Waals surface area contributed by atoms with Crippen LogP contribution in [0.1, 0.15) is 30.2 Å². The summed E-state index contributed by atoms with van der Waals surface area (Å²) in [7, 11) is 2.16. The van der Waals surface area contributed by atoms with Crippen molar-refractivity contribution in [1.82, 2.24) is 14.9 Å². The van der Waals surface area contributed by atoms with Crippen LogP contribution in [0.4, 0.5) is 11.4 Å². The lowest BCUT2D eigenvalue weighted by atomic mass is 9.91. The number of piperidine rings is 1. The fraction of sp³-hybridized carbons (Fsp3) is 0.444. The van der Waals surface area contributed by atoms with Gasteiger partial charge in [-0.25, -0.2) is 4.98 Å². The fourth-order valence-electron chi connectivity index (χ4n) is 5.15. The molecule has 5 rings (SSSR count). The van der Waals surface area contributed by atoms with Crippen molar-refractivity contribution in [2.45, 2.75) is 33.1 Å². The van der Waals surface area contributed by atoms with E-state index in [1.165, 1.54) is 5.69 Å². The van der Waals surface area contributed by atoms with Crippen molar-refractivity contribution in [1.29, 1.82) is 0 Å². The van der Waals surface area contributed by atoms with E-state index in [-0.39, 0.29) is 11.8 Å². The maximum absolute atomic E-state index is 13.5. The minimum Gasteiger partial charge on any atom is -0.446 e. The molecule has 2 aromatic heterocycles. The van der Waals surface area contributed by atoms with E-state index in [0.29, 0.717) is 12.3 Å². The quantitative estimate of drug-likeness (QED) is 0.573. The molecule has 2 saturated heterocycles. The molecule has 1 amide bonds. The Bertz CT molecular complexity index is 1150. The van der Waals surface area contributed by atoms with Crippen LogP contribution < -0.4 is 9.80 Å². The number of rotatable bonds is 5. The Labute approximate surface area is 201 Å². The number of hydrogen-bond donors (Lipinski definition) is 0. The first kappa shape index (κ1) is 22.6. The van der Waals surface area contributed by atoms with Gasteiger partial charge in [-0.05, 0) is 51.1 Å². The smallest absolute Gasteiger partial charge is 0.230 e. The highest BCUT2D eigenvalue weighted by atomic mass is 16.4. The molecule has 7 heteroatoms. The van der Waals surface area contributed by atoms with E-state index in [9.17, 15) is 4.79 Å². The van der Waals surface area contributed by atoms with Crippen LogP contribution in [0, 0.1) is 19.8 Å². The van der Waals surface area contributed by atoms with Crippen molar-refractivity contribution in [2.75, 3.05) is 49.6 Å². The first-order valence-electron chi connectivity index (χ1n) is 12.2. The number of aryl methyl sites for hydroxylation is 2. The number of pyridine rings is 1.